The molecule has 2 aromatic rings. The number of aromatic nitrogens is 1. The molecule has 1 aliphatic heterocycles. The van der Waals surface area contributed by atoms with Crippen LogP contribution in [0.3, 0.4) is 0 Å². The lowest BCUT2D eigenvalue weighted by atomic mass is 10.0. The monoisotopic (exact) mass is 365 g/mol. The lowest BCUT2D eigenvalue weighted by Crippen LogP contribution is -2.23. The molecule has 2 aliphatic rings. The van der Waals surface area contributed by atoms with Crippen LogP contribution in [0.2, 0.25) is 5.02 Å². The number of benzene rings is 1. The fourth-order valence-corrected chi connectivity index (χ4v) is 3.74. The maximum Gasteiger partial charge on any atom is 0.206 e. The number of hydrogen-bond acceptors (Lipinski definition) is 4. The van der Waals surface area contributed by atoms with E-state index in [0.29, 0.717) is 36.3 Å². The first kappa shape index (κ1) is 16.4. The topological polar surface area (TPSA) is 63.9 Å². The Labute approximate surface area is 148 Å². The minimum absolute atomic E-state index is 0.0162. The van der Waals surface area contributed by atoms with Crippen molar-refractivity contribution in [1.82, 2.24) is 4.57 Å². The zero-order valence-electron chi connectivity index (χ0n) is 13.6. The summed E-state index contributed by atoms with van der Waals surface area (Å²) >= 11 is 6.19. The summed E-state index contributed by atoms with van der Waals surface area (Å²) in [7, 11) is 0. The van der Waals surface area contributed by atoms with Crippen LogP contribution >= 0.6 is 11.6 Å². The second kappa shape index (κ2) is 5.76. The van der Waals surface area contributed by atoms with Crippen molar-refractivity contribution in [2.45, 2.75) is 25.6 Å². The number of nitrogens with zero attached hydrogens (tertiary/aromatic N) is 1. The van der Waals surface area contributed by atoms with Crippen LogP contribution in [0.5, 0.6) is 11.8 Å². The zero-order valence-corrected chi connectivity index (χ0v) is 14.3. The molecule has 0 bridgehead atoms. The molecule has 7 heteroatoms. The molecule has 1 aromatic carbocycles. The van der Waals surface area contributed by atoms with Crippen LogP contribution in [0.1, 0.15) is 30.0 Å². The smallest absolute Gasteiger partial charge is 0.206 e. The number of fused-ring (bicyclic) bond motifs is 1. The SMILES string of the molecule is CC1(c2cc(-n3c(O)c4c(c3O)CCC=C4)c(F)cc2Cl)OCCO1. The molecule has 0 unspecified atom stereocenters. The summed E-state index contributed by atoms with van der Waals surface area (Å²) in [5, 5.41) is 21.2. The highest BCUT2D eigenvalue weighted by atomic mass is 35.5. The molecule has 4 rings (SSSR count). The van der Waals surface area contributed by atoms with Crippen LogP contribution < -0.4 is 0 Å². The highest BCUT2D eigenvalue weighted by Gasteiger charge is 2.36. The van der Waals surface area contributed by atoms with Gasteiger partial charge in [-0.2, -0.15) is 0 Å². The molecule has 0 atom stereocenters. The fourth-order valence-electron chi connectivity index (χ4n) is 3.42. The molecule has 2 heterocycles. The lowest BCUT2D eigenvalue weighted by Gasteiger charge is -2.25. The van der Waals surface area contributed by atoms with Gasteiger partial charge in [-0.1, -0.05) is 23.8 Å². The Bertz CT molecular complexity index is 884. The van der Waals surface area contributed by atoms with Crippen molar-refractivity contribution in [1.29, 1.82) is 0 Å². The minimum Gasteiger partial charge on any atom is -0.494 e. The normalized spacial score (nSPS) is 18.5. The van der Waals surface area contributed by atoms with Gasteiger partial charge in [-0.05, 0) is 31.9 Å². The summed E-state index contributed by atoms with van der Waals surface area (Å²) in [5.74, 6) is -2.16. The van der Waals surface area contributed by atoms with Gasteiger partial charge in [0.05, 0.1) is 23.9 Å². The first-order valence-corrected chi connectivity index (χ1v) is 8.40. The van der Waals surface area contributed by atoms with E-state index in [1.807, 2.05) is 6.08 Å². The molecule has 0 spiro atoms. The predicted octanol–water partition coefficient (Wildman–Crippen LogP) is 3.86. The van der Waals surface area contributed by atoms with Crippen molar-refractivity contribution in [3.05, 3.63) is 45.7 Å². The fraction of sp³-hybridized carbons (Fsp3) is 0.333. The summed E-state index contributed by atoms with van der Waals surface area (Å²) in [5.41, 5.74) is 1.51. The number of ether oxygens (including phenoxy) is 2. The highest BCUT2D eigenvalue weighted by molar-refractivity contribution is 6.31. The molecular formula is C18H17ClFNO4. The van der Waals surface area contributed by atoms with Crippen molar-refractivity contribution < 1.29 is 24.1 Å². The second-order valence-electron chi connectivity index (χ2n) is 6.24. The van der Waals surface area contributed by atoms with E-state index in [1.165, 1.54) is 6.07 Å². The largest absolute Gasteiger partial charge is 0.494 e. The van der Waals surface area contributed by atoms with E-state index in [-0.39, 0.29) is 22.5 Å². The third-order valence-electron chi connectivity index (χ3n) is 4.71. The van der Waals surface area contributed by atoms with Crippen LogP contribution in [0.15, 0.2) is 18.2 Å². The van der Waals surface area contributed by atoms with Crippen molar-refractivity contribution in [2.24, 2.45) is 0 Å². The minimum atomic E-state index is -1.10. The van der Waals surface area contributed by atoms with Crippen LogP contribution in [-0.2, 0) is 21.7 Å². The van der Waals surface area contributed by atoms with E-state index in [4.69, 9.17) is 21.1 Å². The maximum absolute atomic E-state index is 14.6. The van der Waals surface area contributed by atoms with E-state index in [9.17, 15) is 14.6 Å². The van der Waals surface area contributed by atoms with E-state index in [1.54, 1.807) is 13.0 Å². The summed E-state index contributed by atoms with van der Waals surface area (Å²) in [6, 6.07) is 2.58. The first-order valence-electron chi connectivity index (χ1n) is 8.02. The van der Waals surface area contributed by atoms with Crippen molar-refractivity contribution in [3.63, 3.8) is 0 Å². The van der Waals surface area contributed by atoms with Crippen molar-refractivity contribution in [3.8, 4) is 17.4 Å². The average Bonchev–Trinajstić information content (AvgIpc) is 3.13. The van der Waals surface area contributed by atoms with Gasteiger partial charge in [0.15, 0.2) is 5.79 Å². The van der Waals surface area contributed by atoms with Gasteiger partial charge in [-0.15, -0.1) is 0 Å². The van der Waals surface area contributed by atoms with Crippen molar-refractivity contribution in [2.75, 3.05) is 13.2 Å². The van der Waals surface area contributed by atoms with Gasteiger partial charge in [-0.25, -0.2) is 8.96 Å². The Hall–Kier alpha value is -2.02. The number of halogens is 2. The Morgan fingerprint density at radius 1 is 1.20 bits per heavy atom. The maximum atomic E-state index is 14.6. The number of aromatic hydroxyl groups is 2. The van der Waals surface area contributed by atoms with Crippen LogP contribution in [0, 0.1) is 5.82 Å². The van der Waals surface area contributed by atoms with E-state index < -0.39 is 11.6 Å². The summed E-state index contributed by atoms with van der Waals surface area (Å²) < 4.78 is 26.9. The van der Waals surface area contributed by atoms with E-state index in [0.717, 1.165) is 17.1 Å². The molecule has 1 aromatic heterocycles. The summed E-state index contributed by atoms with van der Waals surface area (Å²) in [4.78, 5) is 0. The second-order valence-corrected chi connectivity index (χ2v) is 6.65. The zero-order chi connectivity index (χ0) is 17.8. The molecule has 5 nitrogen and oxygen atoms in total. The van der Waals surface area contributed by atoms with Gasteiger partial charge in [0.25, 0.3) is 0 Å². The van der Waals surface area contributed by atoms with Crippen LogP contribution in [-0.4, -0.2) is 28.0 Å². The molecule has 2 N–H and O–H groups in total. The molecule has 0 radical (unpaired) electrons. The quantitative estimate of drug-likeness (QED) is 0.848. The Kier molecular flexibility index (Phi) is 3.79. The van der Waals surface area contributed by atoms with Gasteiger partial charge in [0.2, 0.25) is 11.8 Å². The third kappa shape index (κ3) is 2.44. The van der Waals surface area contributed by atoms with Gasteiger partial charge < -0.3 is 19.7 Å². The van der Waals surface area contributed by atoms with E-state index >= 15 is 0 Å². The van der Waals surface area contributed by atoms with Gasteiger partial charge in [0.1, 0.15) is 5.82 Å². The van der Waals surface area contributed by atoms with Crippen LogP contribution in [0.25, 0.3) is 11.8 Å². The highest BCUT2D eigenvalue weighted by Crippen LogP contribution is 2.43. The predicted molar refractivity (Wildman–Crippen MR) is 90.7 cm³/mol. The van der Waals surface area contributed by atoms with Crippen LogP contribution in [0.4, 0.5) is 4.39 Å². The van der Waals surface area contributed by atoms with Crippen molar-refractivity contribution >= 4 is 17.7 Å². The van der Waals surface area contributed by atoms with Gasteiger partial charge >= 0.3 is 0 Å². The number of rotatable bonds is 2. The standard InChI is InChI=1S/C18H17ClFNO4/c1-18(24-6-7-25-18)12-8-15(14(20)9-13(12)19)21-16(22)10-4-2-3-5-11(10)17(21)23/h2,4,8-9,22-23H,3,5-7H2,1H3. The number of hydrogen-bond donors (Lipinski definition) is 2. The first-order chi connectivity index (χ1) is 11.9. The molecule has 1 saturated heterocycles. The molecule has 132 valence electrons. The molecule has 25 heavy (non-hydrogen) atoms. The van der Waals surface area contributed by atoms with Gasteiger partial charge in [0, 0.05) is 16.7 Å². The number of allylic oxidation sites excluding steroid dienone is 1. The Balaban J connectivity index is 1.93. The molecular weight excluding hydrogens is 349 g/mol. The summed E-state index contributed by atoms with van der Waals surface area (Å²) in [6.45, 7) is 2.50. The summed E-state index contributed by atoms with van der Waals surface area (Å²) in [6.07, 6.45) is 4.95. The lowest BCUT2D eigenvalue weighted by molar-refractivity contribution is -0.149. The Morgan fingerprint density at radius 2 is 1.92 bits per heavy atom. The Morgan fingerprint density at radius 3 is 2.60 bits per heavy atom. The van der Waals surface area contributed by atoms with E-state index in [2.05, 4.69) is 0 Å². The average molecular weight is 366 g/mol. The third-order valence-corrected chi connectivity index (χ3v) is 5.02. The molecule has 0 saturated carbocycles. The molecule has 0 amide bonds. The molecule has 1 aliphatic carbocycles. The molecule has 1 fully saturated rings. The van der Waals surface area contributed by atoms with Gasteiger partial charge in [-0.3, -0.25) is 0 Å².